The van der Waals surface area contributed by atoms with Crippen LogP contribution in [-0.2, 0) is 6.54 Å². The average molecular weight is 243 g/mol. The highest BCUT2D eigenvalue weighted by molar-refractivity contribution is 5.85. The van der Waals surface area contributed by atoms with Gasteiger partial charge in [-0.1, -0.05) is 32.0 Å². The Kier molecular flexibility index (Phi) is 3.55. The Bertz CT molecular complexity index is 623. The fraction of sp³-hybridized carbons (Fsp3) is 0.438. The van der Waals surface area contributed by atoms with Crippen LogP contribution in [0.15, 0.2) is 29.1 Å². The molecule has 1 aromatic carbocycles. The van der Waals surface area contributed by atoms with E-state index in [9.17, 15) is 4.79 Å². The van der Waals surface area contributed by atoms with E-state index in [1.807, 2.05) is 11.5 Å². The number of aromatic nitrogens is 1. The van der Waals surface area contributed by atoms with E-state index in [1.165, 1.54) is 10.9 Å². The van der Waals surface area contributed by atoms with Crippen molar-refractivity contribution < 1.29 is 0 Å². The Balaban J connectivity index is 2.67. The van der Waals surface area contributed by atoms with E-state index in [1.54, 1.807) is 6.07 Å². The Labute approximate surface area is 108 Å². The van der Waals surface area contributed by atoms with Gasteiger partial charge in [0.25, 0.3) is 5.56 Å². The van der Waals surface area contributed by atoms with Gasteiger partial charge in [-0.2, -0.15) is 0 Å². The number of fused-ring (bicyclic) bond motifs is 1. The van der Waals surface area contributed by atoms with E-state index >= 15 is 0 Å². The Morgan fingerprint density at radius 2 is 1.89 bits per heavy atom. The van der Waals surface area contributed by atoms with Crippen LogP contribution in [0.1, 0.15) is 31.4 Å². The van der Waals surface area contributed by atoms with E-state index in [0.29, 0.717) is 5.92 Å². The smallest absolute Gasteiger partial charge is 0.251 e. The summed E-state index contributed by atoms with van der Waals surface area (Å²) in [5.74, 6) is 0.609. The van der Waals surface area contributed by atoms with Crippen LogP contribution in [0, 0.1) is 19.8 Å². The van der Waals surface area contributed by atoms with Gasteiger partial charge in [-0.05, 0) is 37.3 Å². The van der Waals surface area contributed by atoms with Crippen LogP contribution in [-0.4, -0.2) is 4.57 Å². The topological polar surface area (TPSA) is 22.0 Å². The molecule has 1 heterocycles. The Morgan fingerprint density at radius 3 is 2.56 bits per heavy atom. The molecule has 96 valence electrons. The van der Waals surface area contributed by atoms with Crippen molar-refractivity contribution in [1.82, 2.24) is 4.57 Å². The lowest BCUT2D eigenvalue weighted by Gasteiger charge is -2.15. The summed E-state index contributed by atoms with van der Waals surface area (Å²) in [6.07, 6.45) is 1.03. The molecule has 0 atom stereocenters. The van der Waals surface area contributed by atoms with Crippen LogP contribution in [0.3, 0.4) is 0 Å². The van der Waals surface area contributed by atoms with Crippen LogP contribution in [0.25, 0.3) is 10.9 Å². The van der Waals surface area contributed by atoms with Gasteiger partial charge >= 0.3 is 0 Å². The van der Waals surface area contributed by atoms with Crippen molar-refractivity contribution in [3.05, 3.63) is 45.7 Å². The maximum absolute atomic E-state index is 12.2. The largest absolute Gasteiger partial charge is 0.308 e. The molecule has 2 heteroatoms. The monoisotopic (exact) mass is 243 g/mol. The van der Waals surface area contributed by atoms with Gasteiger partial charge in [-0.3, -0.25) is 4.79 Å². The van der Waals surface area contributed by atoms with E-state index in [4.69, 9.17) is 0 Å². The summed E-state index contributed by atoms with van der Waals surface area (Å²) in [5, 5.41) is 1.19. The fourth-order valence-corrected chi connectivity index (χ4v) is 2.40. The summed E-state index contributed by atoms with van der Waals surface area (Å²) >= 11 is 0. The summed E-state index contributed by atoms with van der Waals surface area (Å²) in [6.45, 7) is 9.27. The number of rotatable bonds is 3. The van der Waals surface area contributed by atoms with Crippen LogP contribution in [0.2, 0.25) is 0 Å². The van der Waals surface area contributed by atoms with Crippen molar-refractivity contribution in [3.8, 4) is 0 Å². The molecule has 0 saturated carbocycles. The standard InChI is InChI=1S/C16H21NO/c1-11(2)8-9-17-15(18)10-13(4)14-7-5-6-12(3)16(14)17/h5-7,10-11H,8-9H2,1-4H3. The molecule has 0 spiro atoms. The molecule has 0 aliphatic heterocycles. The predicted molar refractivity (Wildman–Crippen MR) is 77.1 cm³/mol. The molecular weight excluding hydrogens is 222 g/mol. The molecule has 2 nitrogen and oxygen atoms in total. The maximum atomic E-state index is 12.2. The SMILES string of the molecule is Cc1cc(=O)n(CCC(C)C)c2c(C)cccc12. The highest BCUT2D eigenvalue weighted by Crippen LogP contribution is 2.20. The molecule has 0 N–H and O–H groups in total. The summed E-state index contributed by atoms with van der Waals surface area (Å²) < 4.78 is 1.93. The molecule has 1 aromatic heterocycles. The van der Waals surface area contributed by atoms with Crippen LogP contribution in [0.5, 0.6) is 0 Å². The van der Waals surface area contributed by atoms with Crippen LogP contribution in [0.4, 0.5) is 0 Å². The van der Waals surface area contributed by atoms with Gasteiger partial charge in [0.1, 0.15) is 0 Å². The minimum absolute atomic E-state index is 0.120. The molecule has 0 unspecified atom stereocenters. The molecule has 2 rings (SSSR count). The molecule has 0 fully saturated rings. The van der Waals surface area contributed by atoms with Crippen molar-refractivity contribution >= 4 is 10.9 Å². The van der Waals surface area contributed by atoms with Gasteiger partial charge < -0.3 is 4.57 Å². The van der Waals surface area contributed by atoms with E-state index < -0.39 is 0 Å². The Morgan fingerprint density at radius 1 is 1.17 bits per heavy atom. The zero-order valence-electron chi connectivity index (χ0n) is 11.7. The first-order valence-corrected chi connectivity index (χ1v) is 6.60. The van der Waals surface area contributed by atoms with Crippen molar-refractivity contribution in [1.29, 1.82) is 0 Å². The third kappa shape index (κ3) is 2.33. The first-order valence-electron chi connectivity index (χ1n) is 6.60. The third-order valence-corrected chi connectivity index (χ3v) is 3.47. The molecule has 0 bridgehead atoms. The van der Waals surface area contributed by atoms with Gasteiger partial charge in [-0.15, -0.1) is 0 Å². The van der Waals surface area contributed by atoms with Gasteiger partial charge in [-0.25, -0.2) is 0 Å². The second kappa shape index (κ2) is 4.97. The third-order valence-electron chi connectivity index (χ3n) is 3.47. The minimum atomic E-state index is 0.120. The minimum Gasteiger partial charge on any atom is -0.308 e. The van der Waals surface area contributed by atoms with Crippen molar-refractivity contribution in [2.75, 3.05) is 0 Å². The predicted octanol–water partition coefficient (Wildman–Crippen LogP) is 3.66. The van der Waals surface area contributed by atoms with Gasteiger partial charge in [0, 0.05) is 18.0 Å². The second-order valence-electron chi connectivity index (χ2n) is 5.47. The van der Waals surface area contributed by atoms with Crippen molar-refractivity contribution in [2.24, 2.45) is 5.92 Å². The van der Waals surface area contributed by atoms with E-state index in [2.05, 4.69) is 39.0 Å². The molecular formula is C16H21NO. The van der Waals surface area contributed by atoms with Gasteiger partial charge in [0.05, 0.1) is 5.52 Å². The molecule has 0 saturated heterocycles. The number of aryl methyl sites for hydroxylation is 3. The van der Waals surface area contributed by atoms with Crippen molar-refractivity contribution in [3.63, 3.8) is 0 Å². The van der Waals surface area contributed by atoms with Crippen LogP contribution >= 0.6 is 0 Å². The first-order chi connectivity index (χ1) is 8.50. The Hall–Kier alpha value is -1.57. The van der Waals surface area contributed by atoms with E-state index in [0.717, 1.165) is 24.0 Å². The lowest BCUT2D eigenvalue weighted by Crippen LogP contribution is -2.21. The highest BCUT2D eigenvalue weighted by Gasteiger charge is 2.08. The summed E-state index contributed by atoms with van der Waals surface area (Å²) in [6, 6.07) is 7.99. The number of pyridine rings is 1. The lowest BCUT2D eigenvalue weighted by molar-refractivity contribution is 0.516. The summed E-state index contributed by atoms with van der Waals surface area (Å²) in [5.41, 5.74) is 3.47. The lowest BCUT2D eigenvalue weighted by atomic mass is 10.1. The van der Waals surface area contributed by atoms with Crippen molar-refractivity contribution in [2.45, 2.75) is 40.7 Å². The molecule has 18 heavy (non-hydrogen) atoms. The first kappa shape index (κ1) is 12.9. The van der Waals surface area contributed by atoms with E-state index in [-0.39, 0.29) is 5.56 Å². The summed E-state index contributed by atoms with van der Waals surface area (Å²) in [7, 11) is 0. The normalized spacial score (nSPS) is 11.4. The number of hydrogen-bond donors (Lipinski definition) is 0. The quantitative estimate of drug-likeness (QED) is 0.806. The molecule has 0 amide bonds. The van der Waals surface area contributed by atoms with Crippen LogP contribution < -0.4 is 5.56 Å². The summed E-state index contributed by atoms with van der Waals surface area (Å²) in [4.78, 5) is 12.2. The van der Waals surface area contributed by atoms with Gasteiger partial charge in [0.15, 0.2) is 0 Å². The maximum Gasteiger partial charge on any atom is 0.251 e. The fourth-order valence-electron chi connectivity index (χ4n) is 2.40. The van der Waals surface area contributed by atoms with Gasteiger partial charge in [0.2, 0.25) is 0 Å². The number of benzene rings is 1. The molecule has 0 aliphatic carbocycles. The molecule has 2 aromatic rings. The molecule has 0 aliphatic rings. The second-order valence-corrected chi connectivity index (χ2v) is 5.47. The zero-order valence-corrected chi connectivity index (χ0v) is 11.7. The number of para-hydroxylation sites is 1. The zero-order chi connectivity index (χ0) is 13.3. The average Bonchev–Trinajstić information content (AvgIpc) is 2.29. The number of hydrogen-bond acceptors (Lipinski definition) is 1. The highest BCUT2D eigenvalue weighted by atomic mass is 16.1. The molecule has 0 radical (unpaired) electrons. The number of nitrogens with zero attached hydrogens (tertiary/aromatic N) is 1.